The molecular weight excluding hydrogens is 378 g/mol. The summed E-state index contributed by atoms with van der Waals surface area (Å²) in [7, 11) is 0. The fourth-order valence-electron chi connectivity index (χ4n) is 3.52. The van der Waals surface area contributed by atoms with Crippen LogP contribution >= 0.6 is 0 Å². The van der Waals surface area contributed by atoms with Gasteiger partial charge in [0, 0.05) is 48.2 Å². The van der Waals surface area contributed by atoms with E-state index >= 15 is 0 Å². The third kappa shape index (κ3) is 5.00. The van der Waals surface area contributed by atoms with Gasteiger partial charge in [-0.3, -0.25) is 9.59 Å². The van der Waals surface area contributed by atoms with Gasteiger partial charge in [-0.15, -0.1) is 0 Å². The molecule has 6 nitrogen and oxygen atoms in total. The first-order valence-corrected chi connectivity index (χ1v) is 10.7. The number of rotatable bonds is 10. The summed E-state index contributed by atoms with van der Waals surface area (Å²) in [6.45, 7) is 7.91. The lowest BCUT2D eigenvalue weighted by atomic mass is 10.1. The molecule has 1 heterocycles. The molecular formula is C24H31N3O3. The van der Waals surface area contributed by atoms with E-state index in [0.717, 1.165) is 29.7 Å². The molecule has 2 aromatic rings. The van der Waals surface area contributed by atoms with Crippen molar-refractivity contribution in [1.82, 2.24) is 10.2 Å². The summed E-state index contributed by atoms with van der Waals surface area (Å²) in [6, 6.07) is 15.2. The topological polar surface area (TPSA) is 70.7 Å². The van der Waals surface area contributed by atoms with E-state index in [1.807, 2.05) is 74.2 Å². The molecule has 0 aromatic heterocycles. The highest BCUT2D eigenvalue weighted by Crippen LogP contribution is 2.34. The monoisotopic (exact) mass is 409 g/mol. The second-order valence-corrected chi connectivity index (χ2v) is 7.54. The zero-order valence-electron chi connectivity index (χ0n) is 18.0. The molecule has 0 saturated heterocycles. The van der Waals surface area contributed by atoms with Crippen molar-refractivity contribution in [2.24, 2.45) is 0 Å². The lowest BCUT2D eigenvalue weighted by Crippen LogP contribution is -2.34. The first-order chi connectivity index (χ1) is 14.5. The van der Waals surface area contributed by atoms with Crippen LogP contribution in [0.4, 0.5) is 5.69 Å². The average Bonchev–Trinajstić information content (AvgIpc) is 3.03. The van der Waals surface area contributed by atoms with Gasteiger partial charge in [0.2, 0.25) is 0 Å². The SMILES string of the molecule is CCOCCCN1C(=O)c2ccccc2C1Nc1ccc(C(=O)NC(C)CC)cc1. The van der Waals surface area contributed by atoms with Gasteiger partial charge in [0.05, 0.1) is 0 Å². The molecule has 2 amide bonds. The van der Waals surface area contributed by atoms with Crippen molar-refractivity contribution in [3.8, 4) is 0 Å². The predicted molar refractivity (Wildman–Crippen MR) is 119 cm³/mol. The van der Waals surface area contributed by atoms with Crippen LogP contribution < -0.4 is 10.6 Å². The Morgan fingerprint density at radius 2 is 1.87 bits per heavy atom. The summed E-state index contributed by atoms with van der Waals surface area (Å²) >= 11 is 0. The van der Waals surface area contributed by atoms with Gasteiger partial charge < -0.3 is 20.3 Å². The number of anilines is 1. The van der Waals surface area contributed by atoms with Gasteiger partial charge in [-0.25, -0.2) is 0 Å². The number of carbonyl (C=O) groups is 2. The third-order valence-corrected chi connectivity index (χ3v) is 5.39. The number of benzene rings is 2. The number of hydrogen-bond donors (Lipinski definition) is 2. The Morgan fingerprint density at radius 3 is 2.57 bits per heavy atom. The molecule has 0 spiro atoms. The lowest BCUT2D eigenvalue weighted by molar-refractivity contribution is 0.0708. The summed E-state index contributed by atoms with van der Waals surface area (Å²) in [5.74, 6) is -0.0426. The van der Waals surface area contributed by atoms with Gasteiger partial charge in [-0.2, -0.15) is 0 Å². The fraction of sp³-hybridized carbons (Fsp3) is 0.417. The molecule has 2 aromatic carbocycles. The van der Waals surface area contributed by atoms with E-state index in [9.17, 15) is 9.59 Å². The summed E-state index contributed by atoms with van der Waals surface area (Å²) in [5, 5.41) is 6.44. The van der Waals surface area contributed by atoms with Gasteiger partial charge >= 0.3 is 0 Å². The van der Waals surface area contributed by atoms with Crippen LogP contribution in [0.25, 0.3) is 0 Å². The molecule has 30 heavy (non-hydrogen) atoms. The summed E-state index contributed by atoms with van der Waals surface area (Å²) in [5.41, 5.74) is 3.19. The number of ether oxygens (including phenoxy) is 1. The maximum absolute atomic E-state index is 12.9. The Balaban J connectivity index is 1.73. The molecule has 0 saturated carbocycles. The number of nitrogens with one attached hydrogen (secondary N) is 2. The van der Waals surface area contributed by atoms with Gasteiger partial charge in [-0.1, -0.05) is 25.1 Å². The standard InChI is InChI=1S/C24H31N3O3/c1-4-17(3)25-23(28)18-11-13-19(14-12-18)26-22-20-9-6-7-10-21(20)24(29)27(22)15-8-16-30-5-2/h6-7,9-14,17,22,26H,4-5,8,15-16H2,1-3H3,(H,25,28). The number of fused-ring (bicyclic) bond motifs is 1. The van der Waals surface area contributed by atoms with Crippen molar-refractivity contribution >= 4 is 17.5 Å². The minimum Gasteiger partial charge on any atom is -0.382 e. The van der Waals surface area contributed by atoms with E-state index in [0.29, 0.717) is 25.3 Å². The Morgan fingerprint density at radius 1 is 1.13 bits per heavy atom. The minimum atomic E-state index is -0.241. The van der Waals surface area contributed by atoms with Crippen molar-refractivity contribution in [1.29, 1.82) is 0 Å². The molecule has 0 bridgehead atoms. The third-order valence-electron chi connectivity index (χ3n) is 5.39. The van der Waals surface area contributed by atoms with Crippen LogP contribution in [-0.2, 0) is 4.74 Å². The first-order valence-electron chi connectivity index (χ1n) is 10.7. The Labute approximate surface area is 178 Å². The Bertz CT molecular complexity index is 866. The number of nitrogens with zero attached hydrogens (tertiary/aromatic N) is 1. The molecule has 6 heteroatoms. The smallest absolute Gasteiger partial charge is 0.256 e. The van der Waals surface area contributed by atoms with E-state index in [4.69, 9.17) is 4.74 Å². The van der Waals surface area contributed by atoms with Crippen LogP contribution in [0.3, 0.4) is 0 Å². The summed E-state index contributed by atoms with van der Waals surface area (Å²) < 4.78 is 5.43. The first kappa shape index (κ1) is 21.8. The quantitative estimate of drug-likeness (QED) is 0.577. The number of hydrogen-bond acceptors (Lipinski definition) is 4. The lowest BCUT2D eigenvalue weighted by Gasteiger charge is -2.27. The van der Waals surface area contributed by atoms with E-state index in [1.165, 1.54) is 0 Å². The molecule has 0 radical (unpaired) electrons. The van der Waals surface area contributed by atoms with E-state index in [-0.39, 0.29) is 24.0 Å². The van der Waals surface area contributed by atoms with Gasteiger partial charge in [0.15, 0.2) is 0 Å². The molecule has 160 valence electrons. The second kappa shape index (κ2) is 10.3. The molecule has 2 N–H and O–H groups in total. The van der Waals surface area contributed by atoms with E-state index in [2.05, 4.69) is 10.6 Å². The predicted octanol–water partition coefficient (Wildman–Crippen LogP) is 4.21. The molecule has 0 fully saturated rings. The molecule has 3 rings (SSSR count). The summed E-state index contributed by atoms with van der Waals surface area (Å²) in [6.07, 6.45) is 1.43. The van der Waals surface area contributed by atoms with Gasteiger partial charge in [0.25, 0.3) is 11.8 Å². The zero-order chi connectivity index (χ0) is 21.5. The fourth-order valence-corrected chi connectivity index (χ4v) is 3.52. The molecule has 0 aliphatic carbocycles. The van der Waals surface area contributed by atoms with Crippen LogP contribution in [-0.4, -0.2) is 42.5 Å². The van der Waals surface area contributed by atoms with Crippen LogP contribution in [0.1, 0.15) is 66.1 Å². The Hall–Kier alpha value is -2.86. The maximum Gasteiger partial charge on any atom is 0.256 e. The highest BCUT2D eigenvalue weighted by molar-refractivity contribution is 5.99. The average molecular weight is 410 g/mol. The number of carbonyl (C=O) groups excluding carboxylic acids is 2. The van der Waals surface area contributed by atoms with E-state index in [1.54, 1.807) is 0 Å². The zero-order valence-corrected chi connectivity index (χ0v) is 18.0. The van der Waals surface area contributed by atoms with Crippen LogP contribution in [0.15, 0.2) is 48.5 Å². The molecule has 2 unspecified atom stereocenters. The Kier molecular flexibility index (Phi) is 7.46. The van der Waals surface area contributed by atoms with Crippen molar-refractivity contribution in [2.45, 2.75) is 45.8 Å². The summed E-state index contributed by atoms with van der Waals surface area (Å²) in [4.78, 5) is 27.1. The van der Waals surface area contributed by atoms with Gasteiger partial charge in [-0.05, 0) is 57.0 Å². The van der Waals surface area contributed by atoms with Gasteiger partial charge in [0.1, 0.15) is 6.17 Å². The van der Waals surface area contributed by atoms with Crippen LogP contribution in [0.2, 0.25) is 0 Å². The van der Waals surface area contributed by atoms with Crippen LogP contribution in [0, 0.1) is 0 Å². The normalized spacial score (nSPS) is 16.3. The molecule has 2 atom stereocenters. The minimum absolute atomic E-state index is 0.0316. The highest BCUT2D eigenvalue weighted by atomic mass is 16.5. The molecule has 1 aliphatic heterocycles. The van der Waals surface area contributed by atoms with E-state index < -0.39 is 0 Å². The maximum atomic E-state index is 12.9. The molecule has 1 aliphatic rings. The highest BCUT2D eigenvalue weighted by Gasteiger charge is 2.36. The van der Waals surface area contributed by atoms with Crippen molar-refractivity contribution < 1.29 is 14.3 Å². The van der Waals surface area contributed by atoms with Crippen molar-refractivity contribution in [3.63, 3.8) is 0 Å². The largest absolute Gasteiger partial charge is 0.382 e. The van der Waals surface area contributed by atoms with Crippen molar-refractivity contribution in [2.75, 3.05) is 25.1 Å². The number of amides is 2. The van der Waals surface area contributed by atoms with Crippen LogP contribution in [0.5, 0.6) is 0 Å². The van der Waals surface area contributed by atoms with Crippen molar-refractivity contribution in [3.05, 3.63) is 65.2 Å². The second-order valence-electron chi connectivity index (χ2n) is 7.54.